The van der Waals surface area contributed by atoms with Gasteiger partial charge in [-0.25, -0.2) is 0 Å². The minimum absolute atomic E-state index is 0.0947. The van der Waals surface area contributed by atoms with E-state index in [1.807, 2.05) is 0 Å². The number of hydrogen-bond acceptors (Lipinski definition) is 1. The normalized spacial score (nSPS) is 15.5. The molecule has 0 amide bonds. The van der Waals surface area contributed by atoms with Crippen molar-refractivity contribution in [2.24, 2.45) is 5.50 Å². The SMILES string of the molecule is CP(C)P(C)N. The molecule has 0 aromatic rings. The standard InChI is InChI=1S/C3H11NP2/c1-5(2)6(3)4/h4H2,1-3H3. The monoisotopic (exact) mass is 123 g/mol. The van der Waals surface area contributed by atoms with Crippen molar-refractivity contribution >= 4 is 15.4 Å². The van der Waals surface area contributed by atoms with Crippen LogP contribution in [0.5, 0.6) is 0 Å². The third-order valence-electron chi connectivity index (χ3n) is 0.631. The molecule has 6 heavy (non-hydrogen) atoms. The lowest BCUT2D eigenvalue weighted by atomic mass is 11.9. The molecule has 1 atom stereocenters. The molecular formula is C3H11NP2. The molecule has 0 radical (unpaired) electrons. The summed E-state index contributed by atoms with van der Waals surface area (Å²) in [4.78, 5) is 0. The quantitative estimate of drug-likeness (QED) is 0.527. The van der Waals surface area contributed by atoms with Gasteiger partial charge < -0.3 is 5.50 Å². The van der Waals surface area contributed by atoms with E-state index in [1.165, 1.54) is 0 Å². The molecule has 3 heteroatoms. The molecule has 0 rings (SSSR count). The highest BCUT2D eigenvalue weighted by atomic mass is 32.1. The van der Waals surface area contributed by atoms with E-state index in [2.05, 4.69) is 20.0 Å². The molecule has 0 aliphatic carbocycles. The Kier molecular flexibility index (Phi) is 3.30. The Morgan fingerprint density at radius 1 is 1.17 bits per heavy atom. The number of rotatable bonds is 1. The van der Waals surface area contributed by atoms with E-state index >= 15 is 0 Å². The van der Waals surface area contributed by atoms with Gasteiger partial charge in [0.05, 0.1) is 0 Å². The molecule has 0 bridgehead atoms. The molecular weight excluding hydrogens is 112 g/mol. The van der Waals surface area contributed by atoms with Crippen molar-refractivity contribution in [3.8, 4) is 0 Å². The first-order valence-electron chi connectivity index (χ1n) is 1.80. The molecule has 2 N–H and O–H groups in total. The largest absolute Gasteiger partial charge is 0.306 e. The molecule has 0 aromatic carbocycles. The molecule has 1 unspecified atom stereocenters. The zero-order valence-electron chi connectivity index (χ0n) is 4.47. The zero-order chi connectivity index (χ0) is 5.15. The first-order chi connectivity index (χ1) is 2.64. The van der Waals surface area contributed by atoms with Crippen LogP contribution in [0.3, 0.4) is 0 Å². The molecule has 0 saturated heterocycles. The van der Waals surface area contributed by atoms with E-state index in [1.54, 1.807) is 0 Å². The van der Waals surface area contributed by atoms with Crippen LogP contribution < -0.4 is 5.50 Å². The van der Waals surface area contributed by atoms with E-state index in [0.717, 1.165) is 0 Å². The summed E-state index contributed by atoms with van der Waals surface area (Å²) < 4.78 is 0. The van der Waals surface area contributed by atoms with Gasteiger partial charge in [0.15, 0.2) is 0 Å². The molecule has 0 aromatic heterocycles. The fraction of sp³-hybridized carbons (Fsp3) is 1.00. The second-order valence-electron chi connectivity index (χ2n) is 1.42. The molecule has 38 valence electrons. The van der Waals surface area contributed by atoms with E-state index in [0.29, 0.717) is 0 Å². The van der Waals surface area contributed by atoms with Crippen molar-refractivity contribution in [1.82, 2.24) is 0 Å². The highest BCUT2D eigenvalue weighted by Crippen LogP contribution is 2.55. The summed E-state index contributed by atoms with van der Waals surface area (Å²) in [6.45, 7) is 6.53. The van der Waals surface area contributed by atoms with Gasteiger partial charge in [0, 0.05) is 0 Å². The van der Waals surface area contributed by atoms with E-state index in [-0.39, 0.29) is 15.4 Å². The van der Waals surface area contributed by atoms with Gasteiger partial charge in [-0.15, -0.1) is 0 Å². The van der Waals surface area contributed by atoms with Gasteiger partial charge in [0.2, 0.25) is 0 Å². The van der Waals surface area contributed by atoms with Crippen molar-refractivity contribution in [3.05, 3.63) is 0 Å². The zero-order valence-corrected chi connectivity index (χ0v) is 6.26. The van der Waals surface area contributed by atoms with Crippen LogP contribution in [0.15, 0.2) is 0 Å². The van der Waals surface area contributed by atoms with Crippen LogP contribution in [0.25, 0.3) is 0 Å². The predicted octanol–water partition coefficient (Wildman–Crippen LogP) is 1.63. The van der Waals surface area contributed by atoms with Gasteiger partial charge in [0.25, 0.3) is 0 Å². The smallest absolute Gasteiger partial charge is 0.0197 e. The Morgan fingerprint density at radius 3 is 1.33 bits per heavy atom. The van der Waals surface area contributed by atoms with Gasteiger partial charge in [-0.1, -0.05) is 7.61 Å². The summed E-state index contributed by atoms with van der Waals surface area (Å²) in [5.74, 6) is 0. The molecule has 0 saturated carbocycles. The maximum absolute atomic E-state index is 5.53. The second kappa shape index (κ2) is 2.91. The van der Waals surface area contributed by atoms with Crippen molar-refractivity contribution in [1.29, 1.82) is 0 Å². The van der Waals surface area contributed by atoms with Gasteiger partial charge >= 0.3 is 0 Å². The van der Waals surface area contributed by atoms with Crippen molar-refractivity contribution in [2.45, 2.75) is 0 Å². The summed E-state index contributed by atoms with van der Waals surface area (Å²) >= 11 is 0. The second-order valence-corrected chi connectivity index (χ2v) is 8.56. The molecule has 0 heterocycles. The summed E-state index contributed by atoms with van der Waals surface area (Å²) in [5, 5.41) is 0. The predicted molar refractivity (Wildman–Crippen MR) is 35.8 cm³/mol. The molecule has 0 aliphatic heterocycles. The molecule has 0 spiro atoms. The van der Waals surface area contributed by atoms with E-state index in [9.17, 15) is 0 Å². The Labute approximate surface area is 41.8 Å². The third-order valence-corrected chi connectivity index (χ3v) is 5.68. The first-order valence-corrected chi connectivity index (χ1v) is 6.60. The Bertz CT molecular complexity index is 29.8. The van der Waals surface area contributed by atoms with Crippen LogP contribution >= 0.6 is 15.4 Å². The highest BCUT2D eigenvalue weighted by Gasteiger charge is 1.94. The maximum atomic E-state index is 5.53. The minimum atomic E-state index is -0.0947. The van der Waals surface area contributed by atoms with Gasteiger partial charge in [-0.05, 0) is 27.8 Å². The minimum Gasteiger partial charge on any atom is -0.306 e. The highest BCUT2D eigenvalue weighted by molar-refractivity contribution is 8.28. The van der Waals surface area contributed by atoms with E-state index in [4.69, 9.17) is 5.50 Å². The number of hydrogen-bond donors (Lipinski definition) is 1. The lowest BCUT2D eigenvalue weighted by Crippen LogP contribution is -1.79. The third kappa shape index (κ3) is 3.03. The summed E-state index contributed by atoms with van der Waals surface area (Å²) in [5.41, 5.74) is 5.53. The molecule has 1 nitrogen and oxygen atoms in total. The lowest BCUT2D eigenvalue weighted by molar-refractivity contribution is 1.96. The average Bonchev–Trinajstić information content (AvgIpc) is 1.36. The summed E-state index contributed by atoms with van der Waals surface area (Å²) in [7, 11) is 0.0885. The van der Waals surface area contributed by atoms with Gasteiger partial charge in [0.1, 0.15) is 0 Å². The van der Waals surface area contributed by atoms with Crippen LogP contribution in [0.1, 0.15) is 0 Å². The summed E-state index contributed by atoms with van der Waals surface area (Å²) in [6.07, 6.45) is 0. The topological polar surface area (TPSA) is 26.0 Å². The van der Waals surface area contributed by atoms with Crippen LogP contribution in [0, 0.1) is 0 Å². The lowest BCUT2D eigenvalue weighted by Gasteiger charge is -2.07. The van der Waals surface area contributed by atoms with Crippen molar-refractivity contribution < 1.29 is 0 Å². The Balaban J connectivity index is 2.99. The van der Waals surface area contributed by atoms with Gasteiger partial charge in [-0.3, -0.25) is 0 Å². The maximum Gasteiger partial charge on any atom is -0.0197 e. The van der Waals surface area contributed by atoms with Crippen LogP contribution in [-0.4, -0.2) is 20.0 Å². The fourth-order valence-corrected chi connectivity index (χ4v) is 0. The number of nitrogens with two attached hydrogens (primary N) is 1. The Hall–Kier alpha value is 0.820. The van der Waals surface area contributed by atoms with E-state index < -0.39 is 0 Å². The van der Waals surface area contributed by atoms with Crippen LogP contribution in [-0.2, 0) is 0 Å². The average molecular weight is 123 g/mol. The Morgan fingerprint density at radius 2 is 1.33 bits per heavy atom. The molecule has 0 aliphatic rings. The van der Waals surface area contributed by atoms with Gasteiger partial charge in [-0.2, -0.15) is 0 Å². The van der Waals surface area contributed by atoms with Crippen LogP contribution in [0.4, 0.5) is 0 Å². The molecule has 0 fully saturated rings. The van der Waals surface area contributed by atoms with Crippen molar-refractivity contribution in [3.63, 3.8) is 0 Å². The van der Waals surface area contributed by atoms with Crippen LogP contribution in [0.2, 0.25) is 0 Å². The van der Waals surface area contributed by atoms with Crippen molar-refractivity contribution in [2.75, 3.05) is 20.0 Å². The summed E-state index contributed by atoms with van der Waals surface area (Å²) in [6, 6.07) is 0. The fourth-order valence-electron chi connectivity index (χ4n) is 0. The first kappa shape index (κ1) is 6.82.